The maximum atomic E-state index is 9.69. The number of furan rings is 1. The lowest BCUT2D eigenvalue weighted by Crippen LogP contribution is -2.12. The third-order valence-electron chi connectivity index (χ3n) is 2.55. The van der Waals surface area contributed by atoms with Crippen molar-refractivity contribution in [3.8, 4) is 11.5 Å². The summed E-state index contributed by atoms with van der Waals surface area (Å²) in [7, 11) is 1.53. The van der Waals surface area contributed by atoms with Crippen LogP contribution < -0.4 is 10.1 Å². The van der Waals surface area contributed by atoms with Crippen molar-refractivity contribution < 1.29 is 14.3 Å². The van der Waals surface area contributed by atoms with Crippen molar-refractivity contribution in [1.29, 1.82) is 0 Å². The Kier molecular flexibility index (Phi) is 4.28. The predicted octanol–water partition coefficient (Wildman–Crippen LogP) is 3.05. The third-order valence-corrected chi connectivity index (χ3v) is 3.15. The first-order valence-corrected chi connectivity index (χ1v) is 6.27. The number of benzene rings is 1. The topological polar surface area (TPSA) is 54.6 Å². The van der Waals surface area contributed by atoms with Gasteiger partial charge < -0.3 is 19.6 Å². The van der Waals surface area contributed by atoms with Gasteiger partial charge in [0.25, 0.3) is 0 Å². The van der Waals surface area contributed by atoms with Gasteiger partial charge in [0.15, 0.2) is 11.5 Å². The standard InChI is InChI=1S/C13H14BrNO3/c1-17-12-5-10(4-11(14)13(12)16)7-15-6-9-2-3-18-8-9/h2-5,8,15-16H,6-7H2,1H3. The van der Waals surface area contributed by atoms with Crippen molar-refractivity contribution in [3.63, 3.8) is 0 Å². The number of phenolic OH excluding ortho intramolecular Hbond substituents is 1. The normalized spacial score (nSPS) is 10.6. The smallest absolute Gasteiger partial charge is 0.172 e. The molecule has 0 spiro atoms. The molecule has 0 bridgehead atoms. The van der Waals surface area contributed by atoms with Gasteiger partial charge in [-0.05, 0) is 39.7 Å². The van der Waals surface area contributed by atoms with Gasteiger partial charge in [0.2, 0.25) is 0 Å². The first-order valence-electron chi connectivity index (χ1n) is 5.48. The number of hydrogen-bond donors (Lipinski definition) is 2. The van der Waals surface area contributed by atoms with Gasteiger partial charge in [-0.2, -0.15) is 0 Å². The Balaban J connectivity index is 1.99. The minimum atomic E-state index is 0.121. The fraction of sp³-hybridized carbons (Fsp3) is 0.231. The molecule has 96 valence electrons. The van der Waals surface area contributed by atoms with E-state index in [9.17, 15) is 5.11 Å². The number of nitrogens with one attached hydrogen (secondary N) is 1. The van der Waals surface area contributed by atoms with Crippen molar-refractivity contribution in [3.05, 3.63) is 46.3 Å². The first kappa shape index (κ1) is 13.0. The van der Waals surface area contributed by atoms with Gasteiger partial charge >= 0.3 is 0 Å². The Morgan fingerprint density at radius 2 is 2.11 bits per heavy atom. The van der Waals surface area contributed by atoms with E-state index in [-0.39, 0.29) is 5.75 Å². The third kappa shape index (κ3) is 3.05. The Bertz CT molecular complexity index is 511. The van der Waals surface area contributed by atoms with E-state index in [1.165, 1.54) is 7.11 Å². The molecule has 0 fully saturated rings. The van der Waals surface area contributed by atoms with Crippen molar-refractivity contribution in [2.45, 2.75) is 13.1 Å². The summed E-state index contributed by atoms with van der Waals surface area (Å²) in [5.41, 5.74) is 2.12. The number of halogens is 1. The summed E-state index contributed by atoms with van der Waals surface area (Å²) in [5, 5.41) is 13.0. The van der Waals surface area contributed by atoms with Gasteiger partial charge in [-0.25, -0.2) is 0 Å². The van der Waals surface area contributed by atoms with Crippen LogP contribution in [0.25, 0.3) is 0 Å². The van der Waals surface area contributed by atoms with Gasteiger partial charge in [-0.3, -0.25) is 0 Å². The van der Waals surface area contributed by atoms with Gasteiger partial charge in [-0.1, -0.05) is 0 Å². The molecule has 0 aliphatic heterocycles. The average molecular weight is 312 g/mol. The van der Waals surface area contributed by atoms with Gasteiger partial charge in [0, 0.05) is 18.7 Å². The highest BCUT2D eigenvalue weighted by Crippen LogP contribution is 2.35. The highest BCUT2D eigenvalue weighted by Gasteiger charge is 2.08. The minimum absolute atomic E-state index is 0.121. The molecule has 18 heavy (non-hydrogen) atoms. The second-order valence-corrected chi connectivity index (χ2v) is 4.72. The number of ether oxygens (including phenoxy) is 1. The van der Waals surface area contributed by atoms with Crippen molar-refractivity contribution >= 4 is 15.9 Å². The second-order valence-electron chi connectivity index (χ2n) is 3.86. The average Bonchev–Trinajstić information content (AvgIpc) is 2.86. The molecule has 0 aliphatic rings. The molecule has 1 heterocycles. The lowest BCUT2D eigenvalue weighted by atomic mass is 10.2. The lowest BCUT2D eigenvalue weighted by molar-refractivity contribution is 0.371. The first-order chi connectivity index (χ1) is 8.70. The molecule has 0 saturated carbocycles. The van der Waals surface area contributed by atoms with E-state index < -0.39 is 0 Å². The summed E-state index contributed by atoms with van der Waals surface area (Å²) in [6, 6.07) is 5.59. The summed E-state index contributed by atoms with van der Waals surface area (Å²) < 4.78 is 10.7. The van der Waals surface area contributed by atoms with Gasteiger partial charge in [0.1, 0.15) is 0 Å². The molecule has 2 aromatic rings. The molecule has 1 aromatic carbocycles. The fourth-order valence-electron chi connectivity index (χ4n) is 1.63. The molecule has 5 heteroatoms. The summed E-state index contributed by atoms with van der Waals surface area (Å²) in [5.74, 6) is 0.584. The number of phenols is 1. The van der Waals surface area contributed by atoms with Crippen LogP contribution in [0.4, 0.5) is 0 Å². The summed E-state index contributed by atoms with van der Waals surface area (Å²) in [6.45, 7) is 1.41. The van der Waals surface area contributed by atoms with Crippen LogP contribution in [0.1, 0.15) is 11.1 Å². The molecule has 0 atom stereocenters. The SMILES string of the molecule is COc1cc(CNCc2ccoc2)cc(Br)c1O. The Morgan fingerprint density at radius 3 is 2.78 bits per heavy atom. The molecule has 1 aromatic heterocycles. The maximum absolute atomic E-state index is 9.69. The van der Waals surface area contributed by atoms with E-state index in [0.717, 1.165) is 17.7 Å². The van der Waals surface area contributed by atoms with Crippen LogP contribution in [0, 0.1) is 0 Å². The molecule has 0 aliphatic carbocycles. The van der Waals surface area contributed by atoms with Crippen LogP contribution in [-0.2, 0) is 13.1 Å². The van der Waals surface area contributed by atoms with Crippen LogP contribution in [0.5, 0.6) is 11.5 Å². The number of aromatic hydroxyl groups is 1. The monoisotopic (exact) mass is 311 g/mol. The quantitative estimate of drug-likeness (QED) is 0.891. The van der Waals surface area contributed by atoms with Gasteiger partial charge in [0.05, 0.1) is 24.1 Å². The summed E-state index contributed by atoms with van der Waals surface area (Å²) in [4.78, 5) is 0. The second kappa shape index (κ2) is 5.93. The van der Waals surface area contributed by atoms with Crippen LogP contribution in [0.15, 0.2) is 39.6 Å². The molecular weight excluding hydrogens is 298 g/mol. The Hall–Kier alpha value is -1.46. The highest BCUT2D eigenvalue weighted by molar-refractivity contribution is 9.10. The Labute approximate surface area is 114 Å². The number of methoxy groups -OCH3 is 1. The molecule has 0 unspecified atom stereocenters. The zero-order chi connectivity index (χ0) is 13.0. The molecule has 0 radical (unpaired) electrons. The molecule has 0 amide bonds. The van der Waals surface area contributed by atoms with Crippen molar-refractivity contribution in [2.75, 3.05) is 7.11 Å². The molecule has 2 rings (SSSR count). The van der Waals surface area contributed by atoms with Gasteiger partial charge in [-0.15, -0.1) is 0 Å². The van der Waals surface area contributed by atoms with Crippen LogP contribution in [0.2, 0.25) is 0 Å². The Morgan fingerprint density at radius 1 is 1.33 bits per heavy atom. The van der Waals surface area contributed by atoms with E-state index in [1.54, 1.807) is 12.5 Å². The molecule has 0 saturated heterocycles. The molecule has 4 nitrogen and oxygen atoms in total. The van der Waals surface area contributed by atoms with E-state index in [0.29, 0.717) is 16.8 Å². The zero-order valence-electron chi connectivity index (χ0n) is 9.94. The van der Waals surface area contributed by atoms with Crippen molar-refractivity contribution in [1.82, 2.24) is 5.32 Å². The summed E-state index contributed by atoms with van der Waals surface area (Å²) in [6.07, 6.45) is 3.36. The van der Waals surface area contributed by atoms with Crippen molar-refractivity contribution in [2.24, 2.45) is 0 Å². The lowest BCUT2D eigenvalue weighted by Gasteiger charge is -2.09. The predicted molar refractivity (Wildman–Crippen MR) is 71.6 cm³/mol. The number of hydrogen-bond acceptors (Lipinski definition) is 4. The van der Waals surface area contributed by atoms with Crippen LogP contribution in [0.3, 0.4) is 0 Å². The van der Waals surface area contributed by atoms with E-state index in [1.807, 2.05) is 18.2 Å². The fourth-order valence-corrected chi connectivity index (χ4v) is 2.12. The summed E-state index contributed by atoms with van der Waals surface area (Å²) >= 11 is 3.30. The maximum Gasteiger partial charge on any atom is 0.172 e. The highest BCUT2D eigenvalue weighted by atomic mass is 79.9. The zero-order valence-corrected chi connectivity index (χ0v) is 11.5. The minimum Gasteiger partial charge on any atom is -0.503 e. The molecular formula is C13H14BrNO3. The van der Waals surface area contributed by atoms with Crippen LogP contribution in [-0.4, -0.2) is 12.2 Å². The van der Waals surface area contributed by atoms with E-state index in [2.05, 4.69) is 21.2 Å². The number of rotatable bonds is 5. The van der Waals surface area contributed by atoms with Crippen LogP contribution >= 0.6 is 15.9 Å². The largest absolute Gasteiger partial charge is 0.503 e. The van der Waals surface area contributed by atoms with E-state index in [4.69, 9.17) is 9.15 Å². The molecule has 2 N–H and O–H groups in total. The van der Waals surface area contributed by atoms with E-state index >= 15 is 0 Å².